The van der Waals surface area contributed by atoms with Crippen molar-refractivity contribution >= 4 is 5.97 Å². The smallest absolute Gasteiger partial charge is 0.308 e. The lowest BCUT2D eigenvalue weighted by molar-refractivity contribution is -0.145. The summed E-state index contributed by atoms with van der Waals surface area (Å²) in [4.78, 5) is 14.7. The molecule has 1 atom stereocenters. The number of ether oxygens (including phenoxy) is 1. The van der Waals surface area contributed by atoms with Crippen molar-refractivity contribution in [1.29, 1.82) is 0 Å². The van der Waals surface area contributed by atoms with Crippen LogP contribution < -0.4 is 0 Å². The first-order chi connectivity index (χ1) is 7.15. The van der Waals surface area contributed by atoms with Crippen LogP contribution in [0.15, 0.2) is 18.3 Å². The molecule has 0 fully saturated rings. The lowest BCUT2D eigenvalue weighted by atomic mass is 10.1. The Morgan fingerprint density at radius 1 is 1.73 bits per heavy atom. The average Bonchev–Trinajstić information content (AvgIpc) is 2.18. The second kappa shape index (κ2) is 5.41. The van der Waals surface area contributed by atoms with E-state index in [2.05, 4.69) is 9.72 Å². The summed E-state index contributed by atoms with van der Waals surface area (Å²) >= 11 is 0. The van der Waals surface area contributed by atoms with Crippen molar-refractivity contribution in [3.63, 3.8) is 0 Å². The van der Waals surface area contributed by atoms with Gasteiger partial charge in [-0.15, -0.1) is 0 Å². The molecule has 15 heavy (non-hydrogen) atoms. The van der Waals surface area contributed by atoms with Gasteiger partial charge in [0.2, 0.25) is 0 Å². The second-order valence-electron chi connectivity index (χ2n) is 2.90. The highest BCUT2D eigenvalue weighted by Gasteiger charge is 2.18. The fourth-order valence-electron chi connectivity index (χ4n) is 1.12. The first-order valence-electron chi connectivity index (χ1n) is 4.59. The summed E-state index contributed by atoms with van der Waals surface area (Å²) in [6, 6.07) is 2.59. The minimum Gasteiger partial charge on any atom is -0.466 e. The van der Waals surface area contributed by atoms with Crippen LogP contribution in [0.1, 0.15) is 25.1 Å². The summed E-state index contributed by atoms with van der Waals surface area (Å²) in [7, 11) is 0. The van der Waals surface area contributed by atoms with Gasteiger partial charge in [-0.1, -0.05) is 0 Å². The third-order valence-corrected chi connectivity index (χ3v) is 1.77. The van der Waals surface area contributed by atoms with E-state index in [4.69, 9.17) is 0 Å². The van der Waals surface area contributed by atoms with Gasteiger partial charge in [0.1, 0.15) is 17.6 Å². The molecule has 0 saturated carbocycles. The Morgan fingerprint density at radius 3 is 3.07 bits per heavy atom. The van der Waals surface area contributed by atoms with E-state index in [1.165, 1.54) is 18.3 Å². The number of hydrogen-bond acceptors (Lipinski definition) is 4. The maximum Gasteiger partial charge on any atom is 0.308 e. The minimum absolute atomic E-state index is 0.134. The lowest BCUT2D eigenvalue weighted by Crippen LogP contribution is -2.12. The average molecular weight is 213 g/mol. The molecule has 1 aromatic rings. The maximum atomic E-state index is 13.1. The summed E-state index contributed by atoms with van der Waals surface area (Å²) in [6.45, 7) is 1.89. The van der Waals surface area contributed by atoms with E-state index in [1.807, 2.05) is 0 Å². The number of esters is 1. The van der Waals surface area contributed by atoms with Crippen LogP contribution in [-0.2, 0) is 9.53 Å². The second-order valence-corrected chi connectivity index (χ2v) is 2.90. The normalized spacial score (nSPS) is 12.2. The number of carbonyl (C=O) groups excluding carboxylic acids is 1. The van der Waals surface area contributed by atoms with Crippen LogP contribution in [0.5, 0.6) is 0 Å². The van der Waals surface area contributed by atoms with Crippen molar-refractivity contribution in [1.82, 2.24) is 4.98 Å². The largest absolute Gasteiger partial charge is 0.466 e. The van der Waals surface area contributed by atoms with E-state index in [1.54, 1.807) is 6.92 Å². The summed E-state index contributed by atoms with van der Waals surface area (Å²) in [5, 5.41) is 9.50. The van der Waals surface area contributed by atoms with E-state index in [0.29, 0.717) is 0 Å². The molecular formula is C10H12FNO3. The molecule has 0 bridgehead atoms. The van der Waals surface area contributed by atoms with Crippen LogP contribution in [0.25, 0.3) is 0 Å². The molecule has 0 spiro atoms. The summed E-state index contributed by atoms with van der Waals surface area (Å²) < 4.78 is 17.7. The van der Waals surface area contributed by atoms with Crippen LogP contribution in [0.4, 0.5) is 4.39 Å². The Balaban J connectivity index is 2.65. The van der Waals surface area contributed by atoms with Crippen molar-refractivity contribution in [2.45, 2.75) is 19.4 Å². The Kier molecular flexibility index (Phi) is 4.17. The summed E-state index contributed by atoms with van der Waals surface area (Å²) in [5.74, 6) is -1.20. The molecule has 0 amide bonds. The molecule has 1 N–H and O–H groups in total. The zero-order chi connectivity index (χ0) is 11.3. The summed E-state index contributed by atoms with van der Waals surface area (Å²) in [6.07, 6.45) is -0.195. The molecule has 0 aliphatic heterocycles. The molecule has 0 radical (unpaired) electrons. The van der Waals surface area contributed by atoms with Gasteiger partial charge in [0.25, 0.3) is 0 Å². The van der Waals surface area contributed by atoms with Crippen LogP contribution in [0, 0.1) is 5.82 Å². The Labute approximate surface area is 86.7 Å². The highest BCUT2D eigenvalue weighted by molar-refractivity contribution is 5.70. The van der Waals surface area contributed by atoms with Gasteiger partial charge in [0.15, 0.2) is 0 Å². The first-order valence-corrected chi connectivity index (χ1v) is 4.59. The van der Waals surface area contributed by atoms with Gasteiger partial charge in [-0.25, -0.2) is 4.39 Å². The highest BCUT2D eigenvalue weighted by Crippen LogP contribution is 2.17. The highest BCUT2D eigenvalue weighted by atomic mass is 19.1. The fourth-order valence-corrected chi connectivity index (χ4v) is 1.12. The van der Waals surface area contributed by atoms with Gasteiger partial charge < -0.3 is 9.84 Å². The fraction of sp³-hybridized carbons (Fsp3) is 0.400. The molecule has 0 aliphatic rings. The third-order valence-electron chi connectivity index (χ3n) is 1.77. The standard InChI is InChI=1S/C10H12FNO3/c1-2-15-9(14)6-8(13)10-7(11)4-3-5-12-10/h3-5,8,13H,2,6H2,1H3. The number of carbonyl (C=O) groups is 1. The van der Waals surface area contributed by atoms with Crippen LogP contribution in [0.3, 0.4) is 0 Å². The molecule has 82 valence electrons. The van der Waals surface area contributed by atoms with E-state index in [0.717, 1.165) is 0 Å². The van der Waals surface area contributed by atoms with Crippen LogP contribution in [0.2, 0.25) is 0 Å². The number of halogens is 1. The van der Waals surface area contributed by atoms with Crippen molar-refractivity contribution in [3.05, 3.63) is 29.8 Å². The molecule has 1 heterocycles. The molecule has 0 aliphatic carbocycles. The number of aliphatic hydroxyl groups excluding tert-OH is 1. The zero-order valence-electron chi connectivity index (χ0n) is 8.31. The monoisotopic (exact) mass is 213 g/mol. The van der Waals surface area contributed by atoms with Crippen LogP contribution >= 0.6 is 0 Å². The number of hydrogen-bond donors (Lipinski definition) is 1. The van der Waals surface area contributed by atoms with Crippen molar-refractivity contribution in [2.24, 2.45) is 0 Å². The van der Waals surface area contributed by atoms with Gasteiger partial charge >= 0.3 is 5.97 Å². The van der Waals surface area contributed by atoms with E-state index < -0.39 is 17.9 Å². The molecule has 0 aromatic carbocycles. The van der Waals surface area contributed by atoms with Gasteiger partial charge in [-0.05, 0) is 19.1 Å². The number of pyridine rings is 1. The number of nitrogens with zero attached hydrogens (tertiary/aromatic N) is 1. The quantitative estimate of drug-likeness (QED) is 0.763. The Morgan fingerprint density at radius 2 is 2.47 bits per heavy atom. The van der Waals surface area contributed by atoms with Gasteiger partial charge in [0, 0.05) is 6.20 Å². The molecule has 0 saturated heterocycles. The summed E-state index contributed by atoms with van der Waals surface area (Å²) in [5.41, 5.74) is -0.134. The van der Waals surface area contributed by atoms with E-state index in [9.17, 15) is 14.3 Å². The molecule has 5 heteroatoms. The van der Waals surface area contributed by atoms with Gasteiger partial charge in [0.05, 0.1) is 13.0 Å². The molecule has 1 unspecified atom stereocenters. The van der Waals surface area contributed by atoms with E-state index >= 15 is 0 Å². The SMILES string of the molecule is CCOC(=O)CC(O)c1ncccc1F. The zero-order valence-corrected chi connectivity index (χ0v) is 8.31. The minimum atomic E-state index is -1.26. The number of rotatable bonds is 4. The van der Waals surface area contributed by atoms with Crippen molar-refractivity contribution < 1.29 is 19.0 Å². The maximum absolute atomic E-state index is 13.1. The predicted octanol–water partition coefficient (Wildman–Crippen LogP) is 1.21. The van der Waals surface area contributed by atoms with Gasteiger partial charge in [-0.2, -0.15) is 0 Å². The van der Waals surface area contributed by atoms with E-state index in [-0.39, 0.29) is 18.7 Å². The molecule has 1 rings (SSSR count). The molecule has 4 nitrogen and oxygen atoms in total. The lowest BCUT2D eigenvalue weighted by Gasteiger charge is -2.09. The molecular weight excluding hydrogens is 201 g/mol. The van der Waals surface area contributed by atoms with Crippen molar-refractivity contribution in [3.8, 4) is 0 Å². The van der Waals surface area contributed by atoms with Crippen molar-refractivity contribution in [2.75, 3.05) is 6.61 Å². The van der Waals surface area contributed by atoms with Gasteiger partial charge in [-0.3, -0.25) is 9.78 Å². The first kappa shape index (κ1) is 11.6. The predicted molar refractivity (Wildman–Crippen MR) is 50.4 cm³/mol. The van der Waals surface area contributed by atoms with Crippen LogP contribution in [-0.4, -0.2) is 22.7 Å². The third kappa shape index (κ3) is 3.28. The number of aliphatic hydroxyl groups is 1. The Bertz CT molecular complexity index is 343. The topological polar surface area (TPSA) is 59.4 Å². The Hall–Kier alpha value is -1.49. The number of aromatic nitrogens is 1. The molecule has 1 aromatic heterocycles.